The lowest BCUT2D eigenvalue weighted by Gasteiger charge is -2.67. The highest BCUT2D eigenvalue weighted by Crippen LogP contribution is 2.72. The Balaban J connectivity index is 1.48. The molecule has 16 atom stereocenters. The summed E-state index contributed by atoms with van der Waals surface area (Å²) in [7, 11) is 0. The van der Waals surface area contributed by atoms with Crippen LogP contribution < -0.4 is 0 Å². The number of esters is 2. The molecule has 1 unspecified atom stereocenters. The molecule has 286 valence electrons. The number of aliphatic hydroxyl groups is 6. The van der Waals surface area contributed by atoms with Crippen molar-refractivity contribution < 1.29 is 59.2 Å². The molecule has 5 rings (SSSR count). The predicted molar refractivity (Wildman–Crippen MR) is 181 cm³/mol. The fourth-order valence-electron chi connectivity index (χ4n) is 11.2. The summed E-state index contributed by atoms with van der Waals surface area (Å²) in [6, 6.07) is 0. The van der Waals surface area contributed by atoms with Crippen LogP contribution >= 0.6 is 0 Å². The molecule has 0 bridgehead atoms. The number of aliphatic hydroxyl groups excluding tert-OH is 5. The SMILES string of the molecule is CC(=O)OC[C@H]1O[C@@H](O[C@@H]2C[C@H]3C[C@H](OC(C)=O)CC[C@]3(C)C3CC[C@]4(C)C(=CC[C@H]4[C@H](C)C[C@@H](O)[C@H](O)C(C)(C)O)[C@@]32C)[C@H](O)[C@@H](O)[C@@H]1O. The van der Waals surface area contributed by atoms with Crippen molar-refractivity contribution in [1.82, 2.24) is 0 Å². The second-order valence-corrected chi connectivity index (χ2v) is 17.5. The Morgan fingerprint density at radius 1 is 1.00 bits per heavy atom. The molecule has 5 aliphatic rings. The van der Waals surface area contributed by atoms with E-state index >= 15 is 0 Å². The Labute approximate surface area is 296 Å². The Kier molecular flexibility index (Phi) is 11.3. The zero-order valence-corrected chi connectivity index (χ0v) is 31.1. The van der Waals surface area contributed by atoms with Gasteiger partial charge in [0.2, 0.25) is 0 Å². The first-order valence-electron chi connectivity index (χ1n) is 18.6. The minimum Gasteiger partial charge on any atom is -0.463 e. The summed E-state index contributed by atoms with van der Waals surface area (Å²) in [6.45, 7) is 14.3. The van der Waals surface area contributed by atoms with Crippen molar-refractivity contribution in [1.29, 1.82) is 0 Å². The molecule has 4 aliphatic carbocycles. The Morgan fingerprint density at radius 3 is 2.30 bits per heavy atom. The molecule has 1 saturated heterocycles. The van der Waals surface area contributed by atoms with Crippen LogP contribution in [0.2, 0.25) is 0 Å². The van der Waals surface area contributed by atoms with E-state index in [1.807, 2.05) is 0 Å². The van der Waals surface area contributed by atoms with Crippen molar-refractivity contribution in [3.05, 3.63) is 11.6 Å². The lowest BCUT2D eigenvalue weighted by Crippen LogP contribution is -2.65. The van der Waals surface area contributed by atoms with Crippen LogP contribution in [0.4, 0.5) is 0 Å². The maximum absolute atomic E-state index is 12.0. The number of hydrogen-bond donors (Lipinski definition) is 6. The lowest BCUT2D eigenvalue weighted by molar-refractivity contribution is -0.331. The van der Waals surface area contributed by atoms with Crippen molar-refractivity contribution >= 4 is 11.9 Å². The number of rotatable bonds is 10. The molecule has 6 N–H and O–H groups in total. The second-order valence-electron chi connectivity index (χ2n) is 17.5. The van der Waals surface area contributed by atoms with Gasteiger partial charge in [0.1, 0.15) is 43.2 Å². The Bertz CT molecular complexity index is 1280. The van der Waals surface area contributed by atoms with Crippen LogP contribution in [-0.4, -0.2) is 110 Å². The van der Waals surface area contributed by atoms with Gasteiger partial charge in [0, 0.05) is 19.3 Å². The van der Waals surface area contributed by atoms with E-state index in [9.17, 15) is 40.2 Å². The summed E-state index contributed by atoms with van der Waals surface area (Å²) in [5.41, 5.74) is -1.05. The number of carbonyl (C=O) groups excluding carboxylic acids is 2. The number of allylic oxidation sites excluding steroid dienone is 1. The molecule has 4 fully saturated rings. The van der Waals surface area contributed by atoms with Crippen LogP contribution in [0.3, 0.4) is 0 Å². The maximum Gasteiger partial charge on any atom is 0.302 e. The molecular weight excluding hydrogens is 648 g/mol. The highest BCUT2D eigenvalue weighted by molar-refractivity contribution is 5.66. The van der Waals surface area contributed by atoms with E-state index in [4.69, 9.17) is 18.9 Å². The summed E-state index contributed by atoms with van der Waals surface area (Å²) in [4.78, 5) is 23.5. The lowest BCUT2D eigenvalue weighted by atomic mass is 9.39. The van der Waals surface area contributed by atoms with Gasteiger partial charge in [0.15, 0.2) is 6.29 Å². The van der Waals surface area contributed by atoms with Gasteiger partial charge in [-0.25, -0.2) is 0 Å². The van der Waals surface area contributed by atoms with Crippen molar-refractivity contribution in [3.8, 4) is 0 Å². The maximum atomic E-state index is 12.0. The highest BCUT2D eigenvalue weighted by Gasteiger charge is 2.67. The van der Waals surface area contributed by atoms with Gasteiger partial charge >= 0.3 is 11.9 Å². The number of fused-ring (bicyclic) bond motifs is 5. The van der Waals surface area contributed by atoms with Gasteiger partial charge in [-0.1, -0.05) is 39.3 Å². The summed E-state index contributed by atoms with van der Waals surface area (Å²) < 4.78 is 23.7. The largest absolute Gasteiger partial charge is 0.463 e. The van der Waals surface area contributed by atoms with E-state index in [0.29, 0.717) is 19.3 Å². The van der Waals surface area contributed by atoms with Gasteiger partial charge < -0.3 is 49.6 Å². The van der Waals surface area contributed by atoms with Gasteiger partial charge in [0.25, 0.3) is 0 Å². The molecule has 0 amide bonds. The molecular formula is C38H62O12. The van der Waals surface area contributed by atoms with Gasteiger partial charge in [-0.05, 0) is 99.7 Å². The van der Waals surface area contributed by atoms with Gasteiger partial charge in [-0.2, -0.15) is 0 Å². The van der Waals surface area contributed by atoms with Crippen molar-refractivity contribution in [3.63, 3.8) is 0 Å². The first-order valence-corrected chi connectivity index (χ1v) is 18.6. The van der Waals surface area contributed by atoms with E-state index in [1.54, 1.807) is 0 Å². The molecule has 0 aromatic rings. The van der Waals surface area contributed by atoms with Gasteiger partial charge in [-0.15, -0.1) is 0 Å². The Morgan fingerprint density at radius 2 is 1.68 bits per heavy atom. The van der Waals surface area contributed by atoms with Crippen molar-refractivity contribution in [2.75, 3.05) is 6.61 Å². The van der Waals surface area contributed by atoms with Crippen LogP contribution in [0.1, 0.15) is 107 Å². The van der Waals surface area contributed by atoms with Crippen molar-refractivity contribution in [2.45, 2.75) is 167 Å². The molecule has 1 heterocycles. The normalized spacial score (nSPS) is 44.9. The molecule has 0 radical (unpaired) electrons. The van der Waals surface area contributed by atoms with E-state index in [-0.39, 0.29) is 53.2 Å². The van der Waals surface area contributed by atoms with E-state index in [2.05, 4.69) is 33.8 Å². The van der Waals surface area contributed by atoms with Gasteiger partial charge in [0.05, 0.1) is 17.8 Å². The number of ether oxygens (including phenoxy) is 4. The molecule has 50 heavy (non-hydrogen) atoms. The number of hydrogen-bond acceptors (Lipinski definition) is 12. The molecule has 3 saturated carbocycles. The van der Waals surface area contributed by atoms with E-state index in [0.717, 1.165) is 32.1 Å². The summed E-state index contributed by atoms with van der Waals surface area (Å²) >= 11 is 0. The average molecular weight is 711 g/mol. The highest BCUT2D eigenvalue weighted by atomic mass is 16.7. The fraction of sp³-hybridized carbons (Fsp3) is 0.895. The molecule has 12 heteroatoms. The van der Waals surface area contributed by atoms with Crippen LogP contribution in [0, 0.1) is 39.9 Å². The standard InChI is InChI=1S/C38H62O12/c1-19(15-25(41)33(45)35(4,5)46)24-9-10-27-37(24,7)14-12-28-36(6)13-11-23(48-21(3)40)16-22(36)17-29(38(27,28)8)50-34-32(44)31(43)30(42)26(49-34)18-47-20(2)39/h10,19,22-26,28-34,41-46H,9,11-18H2,1-8H3/t19-,22-,23-,24+,25-,26-,28?,29-,30-,31+,32-,33+,34+,36+,37+,38+/m1/s1. The molecule has 12 nitrogen and oxygen atoms in total. The van der Waals surface area contributed by atoms with Gasteiger partial charge in [-0.3, -0.25) is 9.59 Å². The van der Waals surface area contributed by atoms with Crippen LogP contribution in [0.5, 0.6) is 0 Å². The average Bonchev–Trinajstić information content (AvgIpc) is 3.38. The van der Waals surface area contributed by atoms with Crippen molar-refractivity contribution in [2.24, 2.45) is 39.9 Å². The number of carbonyl (C=O) groups is 2. The van der Waals surface area contributed by atoms with E-state index in [1.165, 1.54) is 33.3 Å². The molecule has 0 spiro atoms. The summed E-state index contributed by atoms with van der Waals surface area (Å²) in [5, 5.41) is 64.6. The smallest absolute Gasteiger partial charge is 0.302 e. The minimum absolute atomic E-state index is 0.0218. The third-order valence-electron chi connectivity index (χ3n) is 13.9. The first-order chi connectivity index (χ1) is 23.1. The minimum atomic E-state index is -1.59. The van der Waals surface area contributed by atoms with E-state index < -0.39 is 66.0 Å². The zero-order chi connectivity index (χ0) is 37.1. The summed E-state index contributed by atoms with van der Waals surface area (Å²) in [5.74, 6) is -0.389. The third-order valence-corrected chi connectivity index (χ3v) is 13.9. The predicted octanol–water partition coefficient (Wildman–Crippen LogP) is 2.77. The van der Waals surface area contributed by atoms with Crippen LogP contribution in [0.15, 0.2) is 11.6 Å². The zero-order valence-electron chi connectivity index (χ0n) is 31.1. The quantitative estimate of drug-likeness (QED) is 0.111. The van der Waals surface area contributed by atoms with Crippen LogP contribution in [0.25, 0.3) is 0 Å². The topological polar surface area (TPSA) is 192 Å². The van der Waals surface area contributed by atoms with Crippen LogP contribution in [-0.2, 0) is 28.5 Å². The third kappa shape index (κ3) is 7.05. The Hall–Kier alpha value is -1.64. The second kappa shape index (κ2) is 14.3. The molecule has 1 aliphatic heterocycles. The first kappa shape index (κ1) is 39.6. The molecule has 0 aromatic carbocycles. The monoisotopic (exact) mass is 710 g/mol. The fourth-order valence-corrected chi connectivity index (χ4v) is 11.2. The molecule has 0 aromatic heterocycles. The summed E-state index contributed by atoms with van der Waals surface area (Å²) in [6.07, 6.45) is -1.94.